The third-order valence-corrected chi connectivity index (χ3v) is 5.24. The lowest BCUT2D eigenvalue weighted by Gasteiger charge is -2.04. The van der Waals surface area contributed by atoms with E-state index in [1.165, 1.54) is 25.3 Å². The van der Waals surface area contributed by atoms with Crippen LogP contribution >= 0.6 is 0 Å². The number of H-pyrrole nitrogens is 1. The standard InChI is InChI=1S/C19H18N4O3S/c1-20-27(25,26)17-9-2-14(3-10-17)4-11-18(24)23-16-7-5-15(6-8-16)19-21-12-13-22-19/h2-13,20H,1H3,(H,21,22)(H,23,24)/b11-4+. The van der Waals surface area contributed by atoms with Crippen LogP contribution in [0.4, 0.5) is 5.69 Å². The molecule has 3 rings (SSSR count). The second-order valence-electron chi connectivity index (χ2n) is 5.61. The van der Waals surface area contributed by atoms with E-state index >= 15 is 0 Å². The summed E-state index contributed by atoms with van der Waals surface area (Å²) in [5, 5.41) is 2.77. The maximum atomic E-state index is 12.0. The molecule has 1 amide bonds. The molecule has 0 fully saturated rings. The van der Waals surface area contributed by atoms with Gasteiger partial charge in [-0.05, 0) is 55.1 Å². The second kappa shape index (κ2) is 7.98. The minimum absolute atomic E-state index is 0.170. The summed E-state index contributed by atoms with van der Waals surface area (Å²) in [6, 6.07) is 13.5. The monoisotopic (exact) mass is 382 g/mol. The summed E-state index contributed by atoms with van der Waals surface area (Å²) in [6.45, 7) is 0. The number of nitrogens with one attached hydrogen (secondary N) is 3. The Bertz CT molecular complexity index is 1040. The van der Waals surface area contributed by atoms with E-state index in [0.29, 0.717) is 11.3 Å². The molecule has 2 aromatic carbocycles. The normalized spacial score (nSPS) is 11.6. The first kappa shape index (κ1) is 18.6. The summed E-state index contributed by atoms with van der Waals surface area (Å²) < 4.78 is 25.6. The topological polar surface area (TPSA) is 104 Å². The Kier molecular flexibility index (Phi) is 5.49. The number of carbonyl (C=O) groups is 1. The molecule has 0 spiro atoms. The minimum atomic E-state index is -3.47. The van der Waals surface area contributed by atoms with Gasteiger partial charge in [0, 0.05) is 29.7 Å². The van der Waals surface area contributed by atoms with Crippen molar-refractivity contribution in [2.75, 3.05) is 12.4 Å². The van der Waals surface area contributed by atoms with E-state index < -0.39 is 10.0 Å². The molecule has 0 aliphatic heterocycles. The summed E-state index contributed by atoms with van der Waals surface area (Å²) in [5.74, 6) is 0.476. The van der Waals surface area contributed by atoms with E-state index in [4.69, 9.17) is 0 Å². The van der Waals surface area contributed by atoms with Gasteiger partial charge in [0.05, 0.1) is 4.90 Å². The predicted octanol–water partition coefficient (Wildman–Crippen LogP) is 2.64. The number of imidazole rings is 1. The molecule has 1 heterocycles. The summed E-state index contributed by atoms with van der Waals surface area (Å²) >= 11 is 0. The van der Waals surface area contributed by atoms with Crippen molar-refractivity contribution < 1.29 is 13.2 Å². The number of hydrogen-bond donors (Lipinski definition) is 3. The summed E-state index contributed by atoms with van der Waals surface area (Å²) in [5.41, 5.74) is 2.30. The number of rotatable bonds is 6. The minimum Gasteiger partial charge on any atom is -0.345 e. The van der Waals surface area contributed by atoms with E-state index in [0.717, 1.165) is 11.4 Å². The van der Waals surface area contributed by atoms with Gasteiger partial charge in [-0.25, -0.2) is 18.1 Å². The van der Waals surface area contributed by atoms with Crippen molar-refractivity contribution in [1.82, 2.24) is 14.7 Å². The van der Waals surface area contributed by atoms with Gasteiger partial charge in [0.15, 0.2) is 0 Å². The summed E-state index contributed by atoms with van der Waals surface area (Å²) in [6.07, 6.45) is 6.43. The first-order chi connectivity index (χ1) is 13.0. The molecule has 0 aliphatic rings. The molecule has 3 aromatic rings. The fourth-order valence-electron chi connectivity index (χ4n) is 2.37. The van der Waals surface area contributed by atoms with Gasteiger partial charge in [-0.3, -0.25) is 4.79 Å². The van der Waals surface area contributed by atoms with Crippen LogP contribution in [0.3, 0.4) is 0 Å². The lowest BCUT2D eigenvalue weighted by Crippen LogP contribution is -2.18. The molecule has 0 aliphatic carbocycles. The van der Waals surface area contributed by atoms with Crippen LogP contribution in [0.5, 0.6) is 0 Å². The zero-order valence-corrected chi connectivity index (χ0v) is 15.3. The highest BCUT2D eigenvalue weighted by Crippen LogP contribution is 2.17. The quantitative estimate of drug-likeness (QED) is 0.570. The van der Waals surface area contributed by atoms with Crippen molar-refractivity contribution in [2.24, 2.45) is 0 Å². The number of nitrogens with zero attached hydrogens (tertiary/aromatic N) is 1. The number of carbonyl (C=O) groups excluding carboxylic acids is 1. The van der Waals surface area contributed by atoms with Gasteiger partial charge in [-0.2, -0.15) is 0 Å². The zero-order chi connectivity index (χ0) is 19.3. The number of aromatic amines is 1. The number of amides is 1. The largest absolute Gasteiger partial charge is 0.345 e. The summed E-state index contributed by atoms with van der Waals surface area (Å²) in [7, 11) is -2.11. The SMILES string of the molecule is CNS(=O)(=O)c1ccc(/C=C/C(=O)Nc2ccc(-c3ncc[nH]3)cc2)cc1. The Morgan fingerprint density at radius 1 is 1.07 bits per heavy atom. The Morgan fingerprint density at radius 2 is 1.78 bits per heavy atom. The smallest absolute Gasteiger partial charge is 0.248 e. The van der Waals surface area contributed by atoms with Crippen LogP contribution in [0, 0.1) is 0 Å². The molecule has 138 valence electrons. The van der Waals surface area contributed by atoms with Crippen molar-refractivity contribution >= 4 is 27.7 Å². The third kappa shape index (κ3) is 4.69. The van der Waals surface area contributed by atoms with Crippen LogP contribution in [0.1, 0.15) is 5.56 Å². The Hall–Kier alpha value is -3.23. The van der Waals surface area contributed by atoms with Gasteiger partial charge < -0.3 is 10.3 Å². The average molecular weight is 382 g/mol. The zero-order valence-electron chi connectivity index (χ0n) is 14.5. The second-order valence-corrected chi connectivity index (χ2v) is 7.50. The van der Waals surface area contributed by atoms with Crippen molar-refractivity contribution in [3.8, 4) is 11.4 Å². The van der Waals surface area contributed by atoms with Crippen LogP contribution in [0.25, 0.3) is 17.5 Å². The molecule has 27 heavy (non-hydrogen) atoms. The average Bonchev–Trinajstić information content (AvgIpc) is 3.22. The third-order valence-electron chi connectivity index (χ3n) is 3.81. The van der Waals surface area contributed by atoms with E-state index in [9.17, 15) is 13.2 Å². The highest BCUT2D eigenvalue weighted by Gasteiger charge is 2.09. The highest BCUT2D eigenvalue weighted by atomic mass is 32.2. The van der Waals surface area contributed by atoms with Gasteiger partial charge in [-0.1, -0.05) is 12.1 Å². The maximum Gasteiger partial charge on any atom is 0.248 e. The van der Waals surface area contributed by atoms with E-state index in [-0.39, 0.29) is 10.8 Å². The number of sulfonamides is 1. The number of aromatic nitrogens is 2. The van der Waals surface area contributed by atoms with E-state index in [1.54, 1.807) is 42.7 Å². The molecule has 0 unspecified atom stereocenters. The fraction of sp³-hybridized carbons (Fsp3) is 0.0526. The lowest BCUT2D eigenvalue weighted by molar-refractivity contribution is -0.111. The summed E-state index contributed by atoms with van der Waals surface area (Å²) in [4.78, 5) is 19.4. The molecule has 3 N–H and O–H groups in total. The van der Waals surface area contributed by atoms with Crippen LogP contribution in [-0.2, 0) is 14.8 Å². The van der Waals surface area contributed by atoms with Crippen LogP contribution in [-0.4, -0.2) is 31.3 Å². The molecule has 0 bridgehead atoms. The van der Waals surface area contributed by atoms with Crippen molar-refractivity contribution in [3.05, 3.63) is 72.6 Å². The molecular formula is C19H18N4O3S. The first-order valence-electron chi connectivity index (χ1n) is 8.10. The first-order valence-corrected chi connectivity index (χ1v) is 9.59. The van der Waals surface area contributed by atoms with Gasteiger partial charge in [-0.15, -0.1) is 0 Å². The molecule has 8 heteroatoms. The van der Waals surface area contributed by atoms with Crippen molar-refractivity contribution in [1.29, 1.82) is 0 Å². The molecule has 0 radical (unpaired) electrons. The molecule has 1 aromatic heterocycles. The Balaban J connectivity index is 1.62. The lowest BCUT2D eigenvalue weighted by atomic mass is 10.2. The highest BCUT2D eigenvalue weighted by molar-refractivity contribution is 7.89. The van der Waals surface area contributed by atoms with E-state index in [2.05, 4.69) is 20.0 Å². The van der Waals surface area contributed by atoms with Crippen molar-refractivity contribution in [2.45, 2.75) is 4.90 Å². The van der Waals surface area contributed by atoms with Gasteiger partial charge >= 0.3 is 0 Å². The van der Waals surface area contributed by atoms with Gasteiger partial charge in [0.1, 0.15) is 5.82 Å². The Morgan fingerprint density at radius 3 is 2.37 bits per heavy atom. The maximum absolute atomic E-state index is 12.0. The molecule has 0 saturated carbocycles. The molecular weight excluding hydrogens is 364 g/mol. The number of hydrogen-bond acceptors (Lipinski definition) is 4. The number of anilines is 1. The van der Waals surface area contributed by atoms with Gasteiger partial charge in [0.2, 0.25) is 15.9 Å². The molecule has 0 saturated heterocycles. The Labute approximate surface area is 157 Å². The van der Waals surface area contributed by atoms with Crippen molar-refractivity contribution in [3.63, 3.8) is 0 Å². The fourth-order valence-corrected chi connectivity index (χ4v) is 3.10. The number of benzene rings is 2. The van der Waals surface area contributed by atoms with Crippen LogP contribution in [0.15, 0.2) is 71.9 Å². The predicted molar refractivity (Wildman–Crippen MR) is 104 cm³/mol. The van der Waals surface area contributed by atoms with Crippen LogP contribution < -0.4 is 10.0 Å². The molecule has 7 nitrogen and oxygen atoms in total. The van der Waals surface area contributed by atoms with Crippen LogP contribution in [0.2, 0.25) is 0 Å². The molecule has 0 atom stereocenters. The van der Waals surface area contributed by atoms with Gasteiger partial charge in [0.25, 0.3) is 0 Å². The van der Waals surface area contributed by atoms with E-state index in [1.807, 2.05) is 12.1 Å².